The third kappa shape index (κ3) is 2.64. The van der Waals surface area contributed by atoms with Gasteiger partial charge in [0.1, 0.15) is 0 Å². The summed E-state index contributed by atoms with van der Waals surface area (Å²) in [4.78, 5) is 3.85. The van der Waals surface area contributed by atoms with Gasteiger partial charge >= 0.3 is 0 Å². The summed E-state index contributed by atoms with van der Waals surface area (Å²) >= 11 is 1.98. The molecule has 0 spiro atoms. The zero-order valence-electron chi connectivity index (χ0n) is 11.3. The predicted octanol–water partition coefficient (Wildman–Crippen LogP) is 4.75. The van der Waals surface area contributed by atoms with Gasteiger partial charge in [-0.25, -0.2) is 0 Å². The topological polar surface area (TPSA) is 3.24 Å². The Balaban J connectivity index is 1.99. The molecular formula is C17H19NS. The molecule has 0 amide bonds. The monoisotopic (exact) mass is 269 g/mol. The van der Waals surface area contributed by atoms with Crippen molar-refractivity contribution in [3.8, 4) is 0 Å². The van der Waals surface area contributed by atoms with Crippen LogP contribution in [0.3, 0.4) is 0 Å². The molecule has 98 valence electrons. The highest BCUT2D eigenvalue weighted by Gasteiger charge is 2.21. The molecule has 1 atom stereocenters. The number of thioether (sulfide) groups is 1. The molecule has 0 N–H and O–H groups in total. The lowest BCUT2D eigenvalue weighted by atomic mass is 10.0. The van der Waals surface area contributed by atoms with E-state index in [1.54, 1.807) is 0 Å². The van der Waals surface area contributed by atoms with Gasteiger partial charge < -0.3 is 4.90 Å². The van der Waals surface area contributed by atoms with Crippen molar-refractivity contribution in [2.75, 3.05) is 17.7 Å². The van der Waals surface area contributed by atoms with Crippen molar-refractivity contribution in [2.24, 2.45) is 0 Å². The molecule has 0 aromatic heterocycles. The summed E-state index contributed by atoms with van der Waals surface area (Å²) in [7, 11) is 2.22. The van der Waals surface area contributed by atoms with Crippen molar-refractivity contribution in [3.05, 3.63) is 60.2 Å². The van der Waals surface area contributed by atoms with Crippen LogP contribution in [0, 0.1) is 0 Å². The van der Waals surface area contributed by atoms with Crippen molar-refractivity contribution < 1.29 is 0 Å². The maximum Gasteiger partial charge on any atom is 0.0539 e. The Morgan fingerprint density at radius 2 is 1.74 bits per heavy atom. The van der Waals surface area contributed by atoms with E-state index in [1.165, 1.54) is 34.7 Å². The van der Waals surface area contributed by atoms with E-state index in [0.717, 1.165) is 0 Å². The van der Waals surface area contributed by atoms with Crippen molar-refractivity contribution >= 4 is 17.4 Å². The van der Waals surface area contributed by atoms with Crippen LogP contribution in [0.5, 0.6) is 0 Å². The number of hydrogen-bond donors (Lipinski definition) is 0. The average Bonchev–Trinajstić information content (AvgIpc) is 2.46. The summed E-state index contributed by atoms with van der Waals surface area (Å²) in [6.45, 7) is 0. The average molecular weight is 269 g/mol. The van der Waals surface area contributed by atoms with Crippen LogP contribution in [0.1, 0.15) is 24.4 Å². The molecule has 1 nitrogen and oxygen atoms in total. The molecule has 2 heteroatoms. The first kappa shape index (κ1) is 12.6. The van der Waals surface area contributed by atoms with E-state index in [0.29, 0.717) is 6.04 Å². The molecule has 2 aromatic carbocycles. The van der Waals surface area contributed by atoms with Crippen LogP contribution >= 0.6 is 11.8 Å². The molecular weight excluding hydrogens is 250 g/mol. The van der Waals surface area contributed by atoms with E-state index in [1.807, 2.05) is 11.8 Å². The van der Waals surface area contributed by atoms with Gasteiger partial charge in [-0.3, -0.25) is 0 Å². The molecule has 0 saturated heterocycles. The summed E-state index contributed by atoms with van der Waals surface area (Å²) in [5, 5.41) is 0. The highest BCUT2D eigenvalue weighted by Crippen LogP contribution is 2.38. The minimum absolute atomic E-state index is 0.489. The summed E-state index contributed by atoms with van der Waals surface area (Å²) in [5.74, 6) is 1.22. The van der Waals surface area contributed by atoms with Gasteiger partial charge in [0.05, 0.1) is 11.7 Å². The third-order valence-corrected chi connectivity index (χ3v) is 4.93. The Kier molecular flexibility index (Phi) is 3.79. The number of rotatable bonds is 1. The molecule has 1 aliphatic heterocycles. The minimum Gasteiger partial charge on any atom is -0.367 e. The lowest BCUT2D eigenvalue weighted by Crippen LogP contribution is -2.25. The Morgan fingerprint density at radius 3 is 2.58 bits per heavy atom. The number of anilines is 1. The Hall–Kier alpha value is -1.41. The van der Waals surface area contributed by atoms with Crippen LogP contribution in [0.15, 0.2) is 59.5 Å². The van der Waals surface area contributed by atoms with Gasteiger partial charge in [-0.1, -0.05) is 42.5 Å². The summed E-state index contributed by atoms with van der Waals surface area (Å²) in [5.41, 5.74) is 2.78. The molecule has 0 radical (unpaired) electrons. The smallest absolute Gasteiger partial charge is 0.0539 e. The van der Waals surface area contributed by atoms with Gasteiger partial charge in [-0.05, 0) is 36.3 Å². The maximum atomic E-state index is 2.44. The van der Waals surface area contributed by atoms with E-state index >= 15 is 0 Å². The van der Waals surface area contributed by atoms with Gasteiger partial charge in [0.2, 0.25) is 0 Å². The van der Waals surface area contributed by atoms with Gasteiger partial charge in [0, 0.05) is 11.9 Å². The minimum atomic E-state index is 0.489. The molecule has 0 aliphatic carbocycles. The zero-order valence-corrected chi connectivity index (χ0v) is 12.1. The lowest BCUT2D eigenvalue weighted by Gasteiger charge is -2.33. The van der Waals surface area contributed by atoms with E-state index in [2.05, 4.69) is 66.5 Å². The second-order valence-electron chi connectivity index (χ2n) is 5.00. The fraction of sp³-hybridized carbons (Fsp3) is 0.294. The highest BCUT2D eigenvalue weighted by atomic mass is 32.2. The molecule has 1 unspecified atom stereocenters. The largest absolute Gasteiger partial charge is 0.367 e. The van der Waals surface area contributed by atoms with Gasteiger partial charge in [0.25, 0.3) is 0 Å². The van der Waals surface area contributed by atoms with Crippen molar-refractivity contribution in [3.63, 3.8) is 0 Å². The Bertz CT molecular complexity index is 538. The fourth-order valence-corrected chi connectivity index (χ4v) is 3.82. The Morgan fingerprint density at radius 1 is 1.00 bits per heavy atom. The second-order valence-corrected chi connectivity index (χ2v) is 6.13. The van der Waals surface area contributed by atoms with E-state index in [-0.39, 0.29) is 0 Å². The summed E-state index contributed by atoms with van der Waals surface area (Å²) < 4.78 is 0. The maximum absolute atomic E-state index is 2.44. The molecule has 19 heavy (non-hydrogen) atoms. The fourth-order valence-electron chi connectivity index (χ4n) is 2.76. The van der Waals surface area contributed by atoms with E-state index in [4.69, 9.17) is 0 Å². The van der Waals surface area contributed by atoms with E-state index < -0.39 is 0 Å². The van der Waals surface area contributed by atoms with Gasteiger partial charge in [0.15, 0.2) is 0 Å². The molecule has 0 saturated carbocycles. The van der Waals surface area contributed by atoms with Crippen LogP contribution in [0.25, 0.3) is 0 Å². The van der Waals surface area contributed by atoms with Crippen molar-refractivity contribution in [1.82, 2.24) is 0 Å². The third-order valence-electron chi connectivity index (χ3n) is 3.78. The number of benzene rings is 2. The van der Waals surface area contributed by atoms with Crippen LogP contribution in [0.2, 0.25) is 0 Å². The predicted molar refractivity (Wildman–Crippen MR) is 84.0 cm³/mol. The molecule has 0 bridgehead atoms. The van der Waals surface area contributed by atoms with Gasteiger partial charge in [-0.2, -0.15) is 0 Å². The first-order valence-electron chi connectivity index (χ1n) is 6.86. The molecule has 1 aliphatic rings. The van der Waals surface area contributed by atoms with Crippen LogP contribution in [0.4, 0.5) is 5.69 Å². The molecule has 0 fully saturated rings. The zero-order chi connectivity index (χ0) is 13.1. The quantitative estimate of drug-likeness (QED) is 0.735. The first-order chi connectivity index (χ1) is 9.36. The first-order valence-corrected chi connectivity index (χ1v) is 7.84. The number of hydrogen-bond acceptors (Lipinski definition) is 2. The standard InChI is InChI=1S/C17H19NS/c1-18-15(14-8-3-2-4-9-14)11-7-13-19-17-12-6-5-10-16(17)18/h2-6,8-10,12,15H,7,11,13H2,1H3. The number of para-hydroxylation sites is 1. The molecule has 1 heterocycles. The normalized spacial score (nSPS) is 19.4. The highest BCUT2D eigenvalue weighted by molar-refractivity contribution is 7.99. The van der Waals surface area contributed by atoms with Crippen LogP contribution in [-0.2, 0) is 0 Å². The lowest BCUT2D eigenvalue weighted by molar-refractivity contribution is 0.598. The number of nitrogens with zero attached hydrogens (tertiary/aromatic N) is 1. The Labute approximate surface area is 119 Å². The number of fused-ring (bicyclic) bond motifs is 1. The van der Waals surface area contributed by atoms with Crippen molar-refractivity contribution in [2.45, 2.75) is 23.8 Å². The molecule has 2 aromatic rings. The summed E-state index contributed by atoms with van der Waals surface area (Å²) in [6, 6.07) is 20.1. The van der Waals surface area contributed by atoms with Crippen LogP contribution < -0.4 is 4.90 Å². The van der Waals surface area contributed by atoms with Crippen LogP contribution in [-0.4, -0.2) is 12.8 Å². The van der Waals surface area contributed by atoms with Gasteiger partial charge in [-0.15, -0.1) is 11.8 Å². The second kappa shape index (κ2) is 5.70. The van der Waals surface area contributed by atoms with Crippen molar-refractivity contribution in [1.29, 1.82) is 0 Å². The van der Waals surface area contributed by atoms with E-state index in [9.17, 15) is 0 Å². The molecule has 3 rings (SSSR count). The SMILES string of the molecule is CN1c2ccccc2SCCCC1c1ccccc1. The summed E-state index contributed by atoms with van der Waals surface area (Å²) in [6.07, 6.45) is 2.49.